The molecule has 1 aromatic carbocycles. The number of thiophene rings is 1. The minimum absolute atomic E-state index is 0.157. The molecule has 0 aliphatic carbocycles. The van der Waals surface area contributed by atoms with Crippen LogP contribution in [0.2, 0.25) is 10.0 Å². The van der Waals surface area contributed by atoms with Gasteiger partial charge >= 0.3 is 0 Å². The van der Waals surface area contributed by atoms with Crippen LogP contribution in [-0.2, 0) is 9.53 Å². The monoisotopic (exact) mass is 410 g/mol. The summed E-state index contributed by atoms with van der Waals surface area (Å²) in [6.45, 7) is 3.73. The molecular weight excluding hydrogens is 391 g/mol. The second-order valence-electron chi connectivity index (χ2n) is 5.90. The molecule has 26 heavy (non-hydrogen) atoms. The van der Waals surface area contributed by atoms with Gasteiger partial charge in [-0.05, 0) is 29.2 Å². The number of rotatable bonds is 6. The summed E-state index contributed by atoms with van der Waals surface area (Å²) in [7, 11) is 0. The Labute approximate surface area is 167 Å². The van der Waals surface area contributed by atoms with E-state index in [0.717, 1.165) is 31.9 Å². The molecule has 0 saturated carbocycles. The fraction of sp³-hybridized carbons (Fsp3) is 0.316. The molecule has 1 fully saturated rings. The Morgan fingerprint density at radius 3 is 2.81 bits per heavy atom. The van der Waals surface area contributed by atoms with Crippen LogP contribution in [0.5, 0.6) is 0 Å². The molecule has 0 radical (unpaired) electrons. The van der Waals surface area contributed by atoms with Crippen molar-refractivity contribution in [1.29, 1.82) is 0 Å². The fourth-order valence-electron chi connectivity index (χ4n) is 2.85. The van der Waals surface area contributed by atoms with Gasteiger partial charge in [0.05, 0.1) is 29.3 Å². The summed E-state index contributed by atoms with van der Waals surface area (Å²) in [4.78, 5) is 15.9. The number of carbonyl (C=O) groups excluding carboxylic acids is 1. The number of amides is 1. The number of carbonyl (C=O) groups is 1. The third-order valence-electron chi connectivity index (χ3n) is 4.22. The highest BCUT2D eigenvalue weighted by Crippen LogP contribution is 2.27. The Morgan fingerprint density at radius 1 is 1.27 bits per heavy atom. The van der Waals surface area contributed by atoms with E-state index >= 15 is 0 Å². The van der Waals surface area contributed by atoms with Crippen LogP contribution < -0.4 is 5.32 Å². The molecule has 1 saturated heterocycles. The van der Waals surface area contributed by atoms with E-state index in [1.165, 1.54) is 11.0 Å². The van der Waals surface area contributed by atoms with Crippen molar-refractivity contribution in [2.45, 2.75) is 6.04 Å². The van der Waals surface area contributed by atoms with Crippen molar-refractivity contribution in [2.75, 3.05) is 32.8 Å². The highest BCUT2D eigenvalue weighted by Gasteiger charge is 2.23. The van der Waals surface area contributed by atoms with Crippen molar-refractivity contribution < 1.29 is 9.53 Å². The summed E-state index contributed by atoms with van der Waals surface area (Å²) in [6.07, 6.45) is 3.17. The molecule has 1 N–H and O–H groups in total. The molecule has 1 atom stereocenters. The summed E-state index contributed by atoms with van der Waals surface area (Å²) in [6, 6.07) is 9.65. The number of morpholine rings is 1. The number of hydrogen-bond donors (Lipinski definition) is 1. The van der Waals surface area contributed by atoms with E-state index < -0.39 is 0 Å². The Bertz CT molecular complexity index is 759. The van der Waals surface area contributed by atoms with Crippen LogP contribution >= 0.6 is 34.5 Å². The van der Waals surface area contributed by atoms with Crippen LogP contribution in [0.3, 0.4) is 0 Å². The number of hydrogen-bond acceptors (Lipinski definition) is 4. The van der Waals surface area contributed by atoms with Crippen molar-refractivity contribution in [1.82, 2.24) is 10.2 Å². The topological polar surface area (TPSA) is 41.6 Å². The van der Waals surface area contributed by atoms with Crippen LogP contribution in [0.15, 0.2) is 41.8 Å². The molecule has 1 aliphatic heterocycles. The fourth-order valence-corrected chi connectivity index (χ4v) is 4.08. The zero-order valence-corrected chi connectivity index (χ0v) is 16.5. The molecule has 1 aliphatic rings. The van der Waals surface area contributed by atoms with E-state index in [9.17, 15) is 4.79 Å². The minimum atomic E-state index is -0.157. The Hall–Kier alpha value is -1.37. The molecule has 2 heterocycles. The van der Waals surface area contributed by atoms with Gasteiger partial charge in [0, 0.05) is 30.6 Å². The maximum Gasteiger partial charge on any atom is 0.244 e. The number of nitrogens with one attached hydrogen (secondary N) is 1. The lowest BCUT2D eigenvalue weighted by atomic mass is 10.2. The molecule has 3 rings (SSSR count). The maximum absolute atomic E-state index is 12.3. The second-order valence-corrected chi connectivity index (χ2v) is 7.67. The molecule has 1 amide bonds. The average Bonchev–Trinajstić information content (AvgIpc) is 3.18. The van der Waals surface area contributed by atoms with Crippen molar-refractivity contribution in [3.63, 3.8) is 0 Å². The molecule has 4 nitrogen and oxygen atoms in total. The van der Waals surface area contributed by atoms with Crippen LogP contribution in [0.25, 0.3) is 6.08 Å². The van der Waals surface area contributed by atoms with Gasteiger partial charge in [0.1, 0.15) is 0 Å². The Balaban J connectivity index is 1.62. The highest BCUT2D eigenvalue weighted by molar-refractivity contribution is 7.10. The number of nitrogens with zero attached hydrogens (tertiary/aromatic N) is 1. The zero-order chi connectivity index (χ0) is 18.4. The lowest BCUT2D eigenvalue weighted by molar-refractivity contribution is -0.116. The summed E-state index contributed by atoms with van der Waals surface area (Å²) in [5.41, 5.74) is 0.720. The first kappa shape index (κ1) is 19.4. The predicted molar refractivity (Wildman–Crippen MR) is 108 cm³/mol. The molecule has 0 spiro atoms. The van der Waals surface area contributed by atoms with E-state index in [-0.39, 0.29) is 11.9 Å². The van der Waals surface area contributed by atoms with E-state index in [4.69, 9.17) is 27.9 Å². The molecule has 0 unspecified atom stereocenters. The highest BCUT2D eigenvalue weighted by atomic mass is 35.5. The van der Waals surface area contributed by atoms with Gasteiger partial charge in [0.15, 0.2) is 0 Å². The van der Waals surface area contributed by atoms with E-state index in [1.807, 2.05) is 12.1 Å². The van der Waals surface area contributed by atoms with Crippen molar-refractivity contribution in [2.24, 2.45) is 0 Å². The standard InChI is InChI=1S/C19H20Cl2N2O2S/c20-15-4-1-3-14(19(15)21)6-7-18(24)22-13-16(17-5-2-12-26-17)23-8-10-25-11-9-23/h1-7,12,16H,8-11,13H2,(H,22,24)/b7-6+/t16-/m1/s1. The average molecular weight is 411 g/mol. The largest absolute Gasteiger partial charge is 0.379 e. The predicted octanol–water partition coefficient (Wildman–Crippen LogP) is 4.26. The first-order valence-corrected chi connectivity index (χ1v) is 10.0. The van der Waals surface area contributed by atoms with Gasteiger partial charge in [-0.15, -0.1) is 11.3 Å². The molecule has 7 heteroatoms. The lowest BCUT2D eigenvalue weighted by Gasteiger charge is -2.34. The summed E-state index contributed by atoms with van der Waals surface area (Å²) in [5.74, 6) is -0.157. The van der Waals surface area contributed by atoms with Crippen molar-refractivity contribution in [3.05, 3.63) is 62.3 Å². The van der Waals surface area contributed by atoms with E-state index in [1.54, 1.807) is 29.5 Å². The number of halogens is 2. The van der Waals surface area contributed by atoms with Crippen LogP contribution in [0.1, 0.15) is 16.5 Å². The van der Waals surface area contributed by atoms with Crippen molar-refractivity contribution in [3.8, 4) is 0 Å². The third-order valence-corrected chi connectivity index (χ3v) is 6.03. The van der Waals surface area contributed by atoms with Crippen LogP contribution in [-0.4, -0.2) is 43.7 Å². The van der Waals surface area contributed by atoms with Crippen molar-refractivity contribution >= 4 is 46.5 Å². The Kier molecular flexibility index (Phi) is 7.11. The van der Waals surface area contributed by atoms with Gasteiger partial charge in [-0.2, -0.15) is 0 Å². The third kappa shape index (κ3) is 5.09. The first-order chi connectivity index (χ1) is 12.6. The molecule has 1 aromatic heterocycles. The number of ether oxygens (including phenoxy) is 1. The number of benzene rings is 1. The smallest absolute Gasteiger partial charge is 0.244 e. The molecule has 2 aromatic rings. The van der Waals surface area contributed by atoms with Gasteiger partial charge in [0.2, 0.25) is 5.91 Å². The summed E-state index contributed by atoms with van der Waals surface area (Å²) >= 11 is 13.8. The molecule has 138 valence electrons. The van der Waals surface area contributed by atoms with Crippen LogP contribution in [0, 0.1) is 0 Å². The van der Waals surface area contributed by atoms with E-state index in [2.05, 4.69) is 21.7 Å². The van der Waals surface area contributed by atoms with Gasteiger partial charge in [-0.25, -0.2) is 0 Å². The zero-order valence-electron chi connectivity index (χ0n) is 14.2. The van der Waals surface area contributed by atoms with E-state index in [0.29, 0.717) is 16.6 Å². The maximum atomic E-state index is 12.3. The summed E-state index contributed by atoms with van der Waals surface area (Å²) < 4.78 is 5.44. The van der Waals surface area contributed by atoms with Gasteiger partial charge in [-0.3, -0.25) is 9.69 Å². The second kappa shape index (κ2) is 9.53. The lowest BCUT2D eigenvalue weighted by Crippen LogP contribution is -2.43. The SMILES string of the molecule is O=C(/C=C/c1cccc(Cl)c1Cl)NC[C@H](c1cccs1)N1CCOCC1. The first-order valence-electron chi connectivity index (χ1n) is 8.40. The Morgan fingerprint density at radius 2 is 2.08 bits per heavy atom. The molecular formula is C19H20Cl2N2O2S. The van der Waals surface area contributed by atoms with Crippen LogP contribution in [0.4, 0.5) is 0 Å². The quantitative estimate of drug-likeness (QED) is 0.723. The summed E-state index contributed by atoms with van der Waals surface area (Å²) in [5, 5.41) is 5.97. The normalized spacial score (nSPS) is 16.7. The van der Waals surface area contributed by atoms with Gasteiger partial charge in [-0.1, -0.05) is 41.4 Å². The minimum Gasteiger partial charge on any atom is -0.379 e. The van der Waals surface area contributed by atoms with Gasteiger partial charge in [0.25, 0.3) is 0 Å². The van der Waals surface area contributed by atoms with Gasteiger partial charge < -0.3 is 10.1 Å². The molecule has 0 bridgehead atoms.